The van der Waals surface area contributed by atoms with E-state index in [2.05, 4.69) is 28.8 Å². The van der Waals surface area contributed by atoms with Crippen molar-refractivity contribution in [2.75, 3.05) is 31.9 Å². The average Bonchev–Trinajstić information content (AvgIpc) is 2.60. The first-order valence-electron chi connectivity index (χ1n) is 9.53. The quantitative estimate of drug-likeness (QED) is 0.690. The van der Waals surface area contributed by atoms with Crippen LogP contribution in [0.25, 0.3) is 0 Å². The molecule has 2 N–H and O–H groups in total. The molecular weight excluding hydrogens is 386 g/mol. The number of sulfonamides is 1. The van der Waals surface area contributed by atoms with Gasteiger partial charge < -0.3 is 10.2 Å². The summed E-state index contributed by atoms with van der Waals surface area (Å²) in [5.41, 5.74) is 2.50. The molecule has 2 aromatic rings. The summed E-state index contributed by atoms with van der Waals surface area (Å²) in [6.45, 7) is 9.19. The van der Waals surface area contributed by atoms with Crippen molar-refractivity contribution in [2.45, 2.75) is 32.6 Å². The molecule has 7 heteroatoms. The zero-order valence-corrected chi connectivity index (χ0v) is 18.9. The first-order chi connectivity index (χ1) is 13.4. The number of hydrogen-bond donors (Lipinski definition) is 2. The number of carbonyl (C=O) groups is 1. The van der Waals surface area contributed by atoms with Gasteiger partial charge in [0.2, 0.25) is 0 Å². The molecule has 0 saturated carbocycles. The first-order valence-corrected chi connectivity index (χ1v) is 11.0. The van der Waals surface area contributed by atoms with Crippen LogP contribution in [-0.4, -0.2) is 46.4 Å². The molecule has 0 fully saturated rings. The van der Waals surface area contributed by atoms with Crippen molar-refractivity contribution in [3.63, 3.8) is 0 Å². The van der Waals surface area contributed by atoms with Crippen LogP contribution in [0.15, 0.2) is 47.4 Å². The number of nitrogens with zero attached hydrogens (tertiary/aromatic N) is 1. The lowest BCUT2D eigenvalue weighted by molar-refractivity contribution is 0.0928. The highest BCUT2D eigenvalue weighted by Crippen LogP contribution is 2.20. The standard InChI is InChI=1S/C22H31N3O3S/c1-16-7-10-18(11-8-16)24-29(27,28)19-12-9-17(2)20(13-19)21(26)23-14-22(3,4)15-25(5)6/h7-13,24H,14-15H2,1-6H3,(H,23,26). The topological polar surface area (TPSA) is 78.5 Å². The van der Waals surface area contributed by atoms with Gasteiger partial charge in [-0.15, -0.1) is 0 Å². The number of amides is 1. The van der Waals surface area contributed by atoms with E-state index in [4.69, 9.17) is 0 Å². The molecule has 0 unspecified atom stereocenters. The summed E-state index contributed by atoms with van der Waals surface area (Å²) in [4.78, 5) is 14.9. The van der Waals surface area contributed by atoms with Crippen molar-refractivity contribution in [2.24, 2.45) is 5.41 Å². The van der Waals surface area contributed by atoms with E-state index in [0.717, 1.165) is 17.7 Å². The van der Waals surface area contributed by atoms with Crippen LogP contribution in [-0.2, 0) is 10.0 Å². The highest BCUT2D eigenvalue weighted by Gasteiger charge is 2.22. The zero-order valence-electron chi connectivity index (χ0n) is 18.0. The highest BCUT2D eigenvalue weighted by atomic mass is 32.2. The van der Waals surface area contributed by atoms with Crippen LogP contribution in [0.2, 0.25) is 0 Å². The normalized spacial score (nSPS) is 12.1. The Bertz CT molecular complexity index is 965. The predicted octanol–water partition coefficient (Wildman–Crippen LogP) is 3.42. The molecule has 0 bridgehead atoms. The number of anilines is 1. The molecule has 158 valence electrons. The number of hydrogen-bond acceptors (Lipinski definition) is 4. The van der Waals surface area contributed by atoms with Crippen molar-refractivity contribution in [3.8, 4) is 0 Å². The van der Waals surface area contributed by atoms with Crippen LogP contribution in [0, 0.1) is 19.3 Å². The minimum Gasteiger partial charge on any atom is -0.351 e. The number of rotatable bonds is 8. The molecule has 0 heterocycles. The number of aryl methyl sites for hydroxylation is 2. The summed E-state index contributed by atoms with van der Waals surface area (Å²) in [7, 11) is 0.183. The summed E-state index contributed by atoms with van der Waals surface area (Å²) in [5.74, 6) is -0.276. The maximum atomic E-state index is 12.8. The SMILES string of the molecule is Cc1ccc(NS(=O)(=O)c2ccc(C)c(C(=O)NCC(C)(C)CN(C)C)c2)cc1. The minimum atomic E-state index is -3.79. The summed E-state index contributed by atoms with van der Waals surface area (Å²) in [6, 6.07) is 11.7. The van der Waals surface area contributed by atoms with Gasteiger partial charge in [0.1, 0.15) is 0 Å². The Morgan fingerprint density at radius 2 is 1.66 bits per heavy atom. The largest absolute Gasteiger partial charge is 0.351 e. The lowest BCUT2D eigenvalue weighted by Gasteiger charge is -2.28. The molecule has 0 aliphatic carbocycles. The first kappa shape index (κ1) is 22.9. The van der Waals surface area contributed by atoms with E-state index in [-0.39, 0.29) is 16.2 Å². The zero-order chi connectivity index (χ0) is 21.8. The Kier molecular flexibility index (Phi) is 7.08. The van der Waals surface area contributed by atoms with Gasteiger partial charge >= 0.3 is 0 Å². The van der Waals surface area contributed by atoms with Crippen LogP contribution >= 0.6 is 0 Å². The smallest absolute Gasteiger partial charge is 0.261 e. The lowest BCUT2D eigenvalue weighted by Crippen LogP contribution is -2.40. The van der Waals surface area contributed by atoms with Crippen LogP contribution in [0.3, 0.4) is 0 Å². The van der Waals surface area contributed by atoms with E-state index in [0.29, 0.717) is 17.8 Å². The molecule has 0 radical (unpaired) electrons. The summed E-state index contributed by atoms with van der Waals surface area (Å²) >= 11 is 0. The number of nitrogens with one attached hydrogen (secondary N) is 2. The number of benzene rings is 2. The fraction of sp³-hybridized carbons (Fsp3) is 0.409. The second kappa shape index (κ2) is 8.97. The van der Waals surface area contributed by atoms with Gasteiger partial charge in [-0.1, -0.05) is 37.6 Å². The third-order valence-electron chi connectivity index (χ3n) is 4.54. The monoisotopic (exact) mass is 417 g/mol. The molecule has 2 aromatic carbocycles. The maximum Gasteiger partial charge on any atom is 0.261 e. The molecule has 1 amide bonds. The summed E-state index contributed by atoms with van der Waals surface area (Å²) < 4.78 is 28.1. The van der Waals surface area contributed by atoms with Crippen molar-refractivity contribution in [1.82, 2.24) is 10.2 Å². The fourth-order valence-electron chi connectivity index (χ4n) is 3.18. The van der Waals surface area contributed by atoms with Crippen molar-refractivity contribution >= 4 is 21.6 Å². The molecule has 0 aliphatic heterocycles. The van der Waals surface area contributed by atoms with Gasteiger partial charge in [-0.2, -0.15) is 0 Å². The molecule has 6 nitrogen and oxygen atoms in total. The lowest BCUT2D eigenvalue weighted by atomic mass is 9.92. The van der Waals surface area contributed by atoms with Crippen molar-refractivity contribution in [1.29, 1.82) is 0 Å². The van der Waals surface area contributed by atoms with Gasteiger partial charge in [-0.3, -0.25) is 9.52 Å². The molecule has 0 aromatic heterocycles. The highest BCUT2D eigenvalue weighted by molar-refractivity contribution is 7.92. The van der Waals surface area contributed by atoms with Gasteiger partial charge in [-0.05, 0) is 63.2 Å². The summed E-state index contributed by atoms with van der Waals surface area (Å²) in [5, 5.41) is 2.94. The Labute approximate surface area is 174 Å². The van der Waals surface area contributed by atoms with Crippen LogP contribution in [0.4, 0.5) is 5.69 Å². The van der Waals surface area contributed by atoms with Crippen LogP contribution in [0.5, 0.6) is 0 Å². The molecule has 0 aliphatic rings. The molecule has 0 spiro atoms. The van der Waals surface area contributed by atoms with E-state index in [1.165, 1.54) is 12.1 Å². The average molecular weight is 418 g/mol. The molecule has 29 heavy (non-hydrogen) atoms. The minimum absolute atomic E-state index is 0.0568. The third kappa shape index (κ3) is 6.58. The molecular formula is C22H31N3O3S. The van der Waals surface area contributed by atoms with Gasteiger partial charge in [0.15, 0.2) is 0 Å². The summed E-state index contributed by atoms with van der Waals surface area (Å²) in [6.07, 6.45) is 0. The maximum absolute atomic E-state index is 12.8. The van der Waals surface area contributed by atoms with Crippen molar-refractivity contribution < 1.29 is 13.2 Å². The second-order valence-corrected chi connectivity index (χ2v) is 10.2. The fourth-order valence-corrected chi connectivity index (χ4v) is 4.26. The molecule has 0 atom stereocenters. The third-order valence-corrected chi connectivity index (χ3v) is 5.92. The number of carbonyl (C=O) groups excluding carboxylic acids is 1. The van der Waals surface area contributed by atoms with Gasteiger partial charge in [-0.25, -0.2) is 8.42 Å². The Morgan fingerprint density at radius 3 is 2.24 bits per heavy atom. The van der Waals surface area contributed by atoms with Crippen LogP contribution in [0.1, 0.15) is 35.3 Å². The Morgan fingerprint density at radius 1 is 1.03 bits per heavy atom. The Balaban J connectivity index is 2.20. The van der Waals surface area contributed by atoms with E-state index < -0.39 is 10.0 Å². The van der Waals surface area contributed by atoms with E-state index in [1.807, 2.05) is 33.2 Å². The molecule has 2 rings (SSSR count). The van der Waals surface area contributed by atoms with Gasteiger partial charge in [0.25, 0.3) is 15.9 Å². The van der Waals surface area contributed by atoms with Crippen LogP contribution < -0.4 is 10.0 Å². The molecule has 0 saturated heterocycles. The second-order valence-electron chi connectivity index (χ2n) is 8.53. The van der Waals surface area contributed by atoms with E-state index >= 15 is 0 Å². The van der Waals surface area contributed by atoms with Crippen molar-refractivity contribution in [3.05, 3.63) is 59.2 Å². The Hall–Kier alpha value is -2.38. The predicted molar refractivity (Wildman–Crippen MR) is 118 cm³/mol. The van der Waals surface area contributed by atoms with Gasteiger partial charge in [0.05, 0.1) is 4.90 Å². The van der Waals surface area contributed by atoms with Gasteiger partial charge in [0, 0.05) is 24.3 Å². The van der Waals surface area contributed by atoms with E-state index in [1.54, 1.807) is 25.1 Å². The van der Waals surface area contributed by atoms with E-state index in [9.17, 15) is 13.2 Å².